The second-order valence-electron chi connectivity index (χ2n) is 6.84. The van der Waals surface area contributed by atoms with Crippen molar-refractivity contribution in [3.05, 3.63) is 71.3 Å². The van der Waals surface area contributed by atoms with E-state index >= 15 is 0 Å². The molecule has 0 bridgehead atoms. The van der Waals surface area contributed by atoms with E-state index in [1.54, 1.807) is 6.07 Å². The zero-order valence-corrected chi connectivity index (χ0v) is 14.6. The molecule has 0 aliphatic carbocycles. The van der Waals surface area contributed by atoms with E-state index in [1.807, 2.05) is 41.3 Å². The Kier molecular flexibility index (Phi) is 4.71. The van der Waals surface area contributed by atoms with Gasteiger partial charge < -0.3 is 9.64 Å². The number of carbonyl (C=O) groups is 2. The number of rotatable bonds is 3. The minimum Gasteiger partial charge on any atom is -0.448 e. The number of carbonyl (C=O) groups excluding carboxylic acids is 2. The Balaban J connectivity index is 1.35. The van der Waals surface area contributed by atoms with E-state index in [9.17, 15) is 9.59 Å². The van der Waals surface area contributed by atoms with E-state index in [0.29, 0.717) is 25.1 Å². The van der Waals surface area contributed by atoms with Crippen LogP contribution >= 0.6 is 0 Å². The number of cyclic esters (lactones) is 1. The number of hydrogen-bond acceptors (Lipinski definition) is 4. The first-order valence-electron chi connectivity index (χ1n) is 9.04. The van der Waals surface area contributed by atoms with Crippen LogP contribution in [0, 0.1) is 0 Å². The van der Waals surface area contributed by atoms with E-state index in [1.165, 1.54) is 5.56 Å². The molecule has 0 unspecified atom stereocenters. The first-order chi connectivity index (χ1) is 12.7. The van der Waals surface area contributed by atoms with Crippen molar-refractivity contribution in [2.45, 2.75) is 19.1 Å². The van der Waals surface area contributed by atoms with E-state index in [-0.39, 0.29) is 5.91 Å². The molecule has 26 heavy (non-hydrogen) atoms. The maximum atomic E-state index is 12.8. The fraction of sp³-hybridized carbons (Fsp3) is 0.333. The summed E-state index contributed by atoms with van der Waals surface area (Å²) in [6, 6.07) is 17.7. The second kappa shape index (κ2) is 7.30. The van der Waals surface area contributed by atoms with Crippen molar-refractivity contribution in [3.8, 4) is 0 Å². The van der Waals surface area contributed by atoms with Gasteiger partial charge in [0, 0.05) is 39.1 Å². The lowest BCUT2D eigenvalue weighted by Crippen LogP contribution is -2.52. The Morgan fingerprint density at radius 2 is 1.65 bits per heavy atom. The van der Waals surface area contributed by atoms with E-state index in [0.717, 1.165) is 25.2 Å². The summed E-state index contributed by atoms with van der Waals surface area (Å²) in [4.78, 5) is 29.1. The summed E-state index contributed by atoms with van der Waals surface area (Å²) in [5.74, 6) is -0.472. The SMILES string of the molecule is O=C1O[C@H](C(=O)N2CCN(Cc3ccccc3)CC2)Cc2ccccc21. The van der Waals surface area contributed by atoms with Crippen molar-refractivity contribution in [3.63, 3.8) is 0 Å². The van der Waals surface area contributed by atoms with Gasteiger partial charge in [-0.1, -0.05) is 48.5 Å². The molecule has 5 heteroatoms. The Morgan fingerprint density at radius 1 is 0.962 bits per heavy atom. The molecule has 1 amide bonds. The normalized spacial score (nSPS) is 20.4. The molecule has 1 saturated heterocycles. The number of fused-ring (bicyclic) bond motifs is 1. The largest absolute Gasteiger partial charge is 0.448 e. The molecular formula is C21H22N2O3. The predicted octanol–water partition coefficient (Wildman–Crippen LogP) is 2.11. The molecule has 0 radical (unpaired) electrons. The van der Waals surface area contributed by atoms with Crippen molar-refractivity contribution >= 4 is 11.9 Å². The maximum Gasteiger partial charge on any atom is 0.339 e. The zero-order valence-electron chi connectivity index (χ0n) is 14.6. The van der Waals surface area contributed by atoms with Gasteiger partial charge in [0.15, 0.2) is 6.10 Å². The fourth-order valence-corrected chi connectivity index (χ4v) is 3.64. The van der Waals surface area contributed by atoms with Gasteiger partial charge in [-0.25, -0.2) is 4.79 Å². The number of piperazine rings is 1. The number of ether oxygens (including phenoxy) is 1. The average Bonchev–Trinajstić information content (AvgIpc) is 2.69. The highest BCUT2D eigenvalue weighted by atomic mass is 16.5. The summed E-state index contributed by atoms with van der Waals surface area (Å²) >= 11 is 0. The topological polar surface area (TPSA) is 49.9 Å². The lowest BCUT2D eigenvalue weighted by atomic mass is 9.98. The third-order valence-electron chi connectivity index (χ3n) is 5.10. The molecule has 134 valence electrons. The highest BCUT2D eigenvalue weighted by molar-refractivity contribution is 5.95. The van der Waals surface area contributed by atoms with Crippen LogP contribution in [0.15, 0.2) is 54.6 Å². The molecule has 2 aromatic rings. The number of amides is 1. The molecule has 0 N–H and O–H groups in total. The number of hydrogen-bond donors (Lipinski definition) is 0. The van der Waals surface area contributed by atoms with Crippen LogP contribution in [0.5, 0.6) is 0 Å². The second-order valence-corrected chi connectivity index (χ2v) is 6.84. The standard InChI is InChI=1S/C21H22N2O3/c24-20(19-14-17-8-4-5-9-18(17)21(25)26-19)23-12-10-22(11-13-23)15-16-6-2-1-3-7-16/h1-9,19H,10-15H2/t19-/m0/s1. The Bertz CT molecular complexity index is 798. The van der Waals surface area contributed by atoms with Crippen LogP contribution in [0.2, 0.25) is 0 Å². The minimum absolute atomic E-state index is 0.0767. The van der Waals surface area contributed by atoms with Crippen LogP contribution in [0.4, 0.5) is 0 Å². The Labute approximate surface area is 153 Å². The minimum atomic E-state index is -0.696. The van der Waals surface area contributed by atoms with Crippen molar-refractivity contribution in [2.75, 3.05) is 26.2 Å². The number of nitrogens with zero attached hydrogens (tertiary/aromatic N) is 2. The summed E-state index contributed by atoms with van der Waals surface area (Å²) < 4.78 is 5.41. The van der Waals surface area contributed by atoms with Crippen LogP contribution < -0.4 is 0 Å². The molecule has 2 aliphatic heterocycles. The lowest BCUT2D eigenvalue weighted by Gasteiger charge is -2.37. The highest BCUT2D eigenvalue weighted by Crippen LogP contribution is 2.22. The third kappa shape index (κ3) is 3.48. The van der Waals surface area contributed by atoms with E-state index in [2.05, 4.69) is 17.0 Å². The summed E-state index contributed by atoms with van der Waals surface area (Å²) in [5, 5.41) is 0. The van der Waals surface area contributed by atoms with Gasteiger partial charge in [0.2, 0.25) is 0 Å². The van der Waals surface area contributed by atoms with E-state index in [4.69, 9.17) is 4.74 Å². The first-order valence-corrected chi connectivity index (χ1v) is 9.04. The van der Waals surface area contributed by atoms with Gasteiger partial charge in [-0.3, -0.25) is 9.69 Å². The zero-order chi connectivity index (χ0) is 17.9. The predicted molar refractivity (Wildman–Crippen MR) is 97.6 cm³/mol. The van der Waals surface area contributed by atoms with Crippen molar-refractivity contribution in [1.82, 2.24) is 9.80 Å². The van der Waals surface area contributed by atoms with Gasteiger partial charge in [-0.15, -0.1) is 0 Å². The van der Waals surface area contributed by atoms with Crippen LogP contribution in [0.25, 0.3) is 0 Å². The van der Waals surface area contributed by atoms with Gasteiger partial charge in [0.05, 0.1) is 5.56 Å². The average molecular weight is 350 g/mol. The molecule has 0 saturated carbocycles. The molecule has 1 fully saturated rings. The molecule has 4 rings (SSSR count). The lowest BCUT2D eigenvalue weighted by molar-refractivity contribution is -0.142. The summed E-state index contributed by atoms with van der Waals surface area (Å²) in [5.41, 5.74) is 2.75. The van der Waals surface area contributed by atoms with Crippen LogP contribution in [0.1, 0.15) is 21.5 Å². The van der Waals surface area contributed by atoms with E-state index < -0.39 is 12.1 Å². The van der Waals surface area contributed by atoms with Crippen LogP contribution in [-0.4, -0.2) is 54.0 Å². The van der Waals surface area contributed by atoms with Crippen LogP contribution in [-0.2, 0) is 22.5 Å². The fourth-order valence-electron chi connectivity index (χ4n) is 3.64. The third-order valence-corrected chi connectivity index (χ3v) is 5.10. The Morgan fingerprint density at radius 3 is 2.42 bits per heavy atom. The molecule has 5 nitrogen and oxygen atoms in total. The maximum absolute atomic E-state index is 12.8. The molecule has 0 aromatic heterocycles. The smallest absolute Gasteiger partial charge is 0.339 e. The monoisotopic (exact) mass is 350 g/mol. The summed E-state index contributed by atoms with van der Waals surface area (Å²) in [6.45, 7) is 3.90. The summed E-state index contributed by atoms with van der Waals surface area (Å²) in [6.07, 6.45) is -0.233. The quantitative estimate of drug-likeness (QED) is 0.796. The molecular weight excluding hydrogens is 328 g/mol. The van der Waals surface area contributed by atoms with Crippen molar-refractivity contribution in [1.29, 1.82) is 0 Å². The highest BCUT2D eigenvalue weighted by Gasteiger charge is 2.34. The molecule has 2 aliphatic rings. The number of esters is 1. The van der Waals surface area contributed by atoms with Gasteiger partial charge in [0.25, 0.3) is 5.91 Å². The van der Waals surface area contributed by atoms with Gasteiger partial charge in [-0.05, 0) is 17.2 Å². The molecule has 1 atom stereocenters. The van der Waals surface area contributed by atoms with Gasteiger partial charge >= 0.3 is 5.97 Å². The van der Waals surface area contributed by atoms with Crippen molar-refractivity contribution < 1.29 is 14.3 Å². The number of benzene rings is 2. The summed E-state index contributed by atoms with van der Waals surface area (Å²) in [7, 11) is 0. The van der Waals surface area contributed by atoms with Crippen molar-refractivity contribution in [2.24, 2.45) is 0 Å². The Hall–Kier alpha value is -2.66. The van der Waals surface area contributed by atoms with Gasteiger partial charge in [0.1, 0.15) is 0 Å². The molecule has 2 aromatic carbocycles. The first kappa shape index (κ1) is 16.8. The van der Waals surface area contributed by atoms with Gasteiger partial charge in [-0.2, -0.15) is 0 Å². The van der Waals surface area contributed by atoms with Crippen LogP contribution in [0.3, 0.4) is 0 Å². The molecule has 2 heterocycles. The molecule has 0 spiro atoms.